The molecule has 0 aliphatic heterocycles. The number of Topliss-reactive ketones (excluding diaryl/α,β-unsaturated/α-hetero) is 1. The average molecular weight is 360 g/mol. The minimum atomic E-state index is 0.0486. The van der Waals surface area contributed by atoms with Crippen LogP contribution in [0.1, 0.15) is 48.5 Å². The second-order valence-corrected chi connectivity index (χ2v) is 7.95. The molecule has 0 radical (unpaired) electrons. The lowest BCUT2D eigenvalue weighted by Crippen LogP contribution is -2.26. The standard InChI is InChI=1S/C20H26ClN3O/c1-13(25)17-11-22-18-8-9-19(21)23-20(18)16(17)10-14-4-6-15(7-5-14)12-24(2)3/h8-9,11,14-15H,4-7,10,12H2,1-3H3. The molecule has 134 valence electrons. The summed E-state index contributed by atoms with van der Waals surface area (Å²) in [5, 5.41) is 0.450. The first-order valence-corrected chi connectivity index (χ1v) is 9.41. The van der Waals surface area contributed by atoms with E-state index in [1.807, 2.05) is 6.07 Å². The highest BCUT2D eigenvalue weighted by Gasteiger charge is 2.24. The Bertz CT molecular complexity index is 767. The van der Waals surface area contributed by atoms with Gasteiger partial charge < -0.3 is 4.90 Å². The highest BCUT2D eigenvalue weighted by atomic mass is 35.5. The van der Waals surface area contributed by atoms with Crippen molar-refractivity contribution in [1.82, 2.24) is 14.9 Å². The third-order valence-electron chi connectivity index (χ3n) is 5.25. The minimum absolute atomic E-state index is 0.0486. The first-order valence-electron chi connectivity index (χ1n) is 9.04. The maximum atomic E-state index is 12.1. The van der Waals surface area contributed by atoms with Gasteiger partial charge in [-0.2, -0.15) is 0 Å². The number of fused-ring (bicyclic) bond motifs is 1. The van der Waals surface area contributed by atoms with E-state index in [1.54, 1.807) is 19.2 Å². The second-order valence-electron chi connectivity index (χ2n) is 7.56. The van der Waals surface area contributed by atoms with E-state index in [4.69, 9.17) is 11.6 Å². The fourth-order valence-electron chi connectivity index (χ4n) is 4.03. The van der Waals surface area contributed by atoms with Crippen molar-refractivity contribution in [3.8, 4) is 0 Å². The van der Waals surface area contributed by atoms with Gasteiger partial charge >= 0.3 is 0 Å². The smallest absolute Gasteiger partial charge is 0.161 e. The Morgan fingerprint density at radius 1 is 1.20 bits per heavy atom. The van der Waals surface area contributed by atoms with Crippen molar-refractivity contribution in [3.05, 3.63) is 34.6 Å². The Hall–Kier alpha value is -1.52. The normalized spacial score (nSPS) is 21.0. The molecule has 0 saturated heterocycles. The average Bonchev–Trinajstić information content (AvgIpc) is 2.56. The molecule has 0 aromatic carbocycles. The third-order valence-corrected chi connectivity index (χ3v) is 5.46. The van der Waals surface area contributed by atoms with Gasteiger partial charge in [-0.3, -0.25) is 9.78 Å². The van der Waals surface area contributed by atoms with Crippen molar-refractivity contribution in [3.63, 3.8) is 0 Å². The maximum absolute atomic E-state index is 12.1. The minimum Gasteiger partial charge on any atom is -0.309 e. The summed E-state index contributed by atoms with van der Waals surface area (Å²) in [7, 11) is 4.29. The van der Waals surface area contributed by atoms with E-state index in [1.165, 1.54) is 32.2 Å². The van der Waals surface area contributed by atoms with Gasteiger partial charge in [-0.05, 0) is 82.7 Å². The van der Waals surface area contributed by atoms with Crippen molar-refractivity contribution >= 4 is 28.4 Å². The van der Waals surface area contributed by atoms with E-state index >= 15 is 0 Å². The van der Waals surface area contributed by atoms with E-state index in [2.05, 4.69) is 29.0 Å². The summed E-state index contributed by atoms with van der Waals surface area (Å²) in [5.74, 6) is 1.44. The van der Waals surface area contributed by atoms with Crippen LogP contribution >= 0.6 is 11.6 Å². The van der Waals surface area contributed by atoms with Crippen LogP contribution in [0.5, 0.6) is 0 Å². The topological polar surface area (TPSA) is 46.1 Å². The van der Waals surface area contributed by atoms with E-state index in [0.717, 1.165) is 28.9 Å². The van der Waals surface area contributed by atoms with Crippen LogP contribution in [0.15, 0.2) is 18.3 Å². The van der Waals surface area contributed by atoms with Crippen molar-refractivity contribution in [2.45, 2.75) is 39.0 Å². The molecule has 0 N–H and O–H groups in total. The van der Waals surface area contributed by atoms with Crippen LogP contribution in [0.25, 0.3) is 11.0 Å². The van der Waals surface area contributed by atoms with E-state index < -0.39 is 0 Å². The molecule has 1 saturated carbocycles. The molecule has 0 unspecified atom stereocenters. The van der Waals surface area contributed by atoms with Gasteiger partial charge in [-0.25, -0.2) is 4.98 Å². The van der Waals surface area contributed by atoms with Crippen LogP contribution in [0, 0.1) is 11.8 Å². The van der Waals surface area contributed by atoms with Gasteiger partial charge in [0.15, 0.2) is 5.78 Å². The Morgan fingerprint density at radius 2 is 1.88 bits per heavy atom. The van der Waals surface area contributed by atoms with Gasteiger partial charge in [-0.15, -0.1) is 0 Å². The van der Waals surface area contributed by atoms with Crippen molar-refractivity contribution < 1.29 is 4.79 Å². The number of nitrogens with zero attached hydrogens (tertiary/aromatic N) is 3. The van der Waals surface area contributed by atoms with Crippen molar-refractivity contribution in [1.29, 1.82) is 0 Å². The van der Waals surface area contributed by atoms with Crippen LogP contribution in [0.2, 0.25) is 5.15 Å². The molecule has 2 aromatic heterocycles. The summed E-state index contributed by atoms with van der Waals surface area (Å²) < 4.78 is 0. The SMILES string of the molecule is CC(=O)c1cnc2ccc(Cl)nc2c1CC1CCC(CN(C)C)CC1. The number of carbonyl (C=O) groups is 1. The van der Waals surface area contributed by atoms with Crippen LogP contribution < -0.4 is 0 Å². The molecule has 1 aliphatic rings. The number of halogens is 1. The summed E-state index contributed by atoms with van der Waals surface area (Å²) in [6.07, 6.45) is 7.52. The summed E-state index contributed by atoms with van der Waals surface area (Å²) in [4.78, 5) is 23.3. The van der Waals surface area contributed by atoms with Crippen LogP contribution in [-0.4, -0.2) is 41.3 Å². The van der Waals surface area contributed by atoms with Gasteiger partial charge in [0.2, 0.25) is 0 Å². The third kappa shape index (κ3) is 4.36. The van der Waals surface area contributed by atoms with E-state index in [0.29, 0.717) is 16.6 Å². The number of rotatable bonds is 5. The highest BCUT2D eigenvalue weighted by molar-refractivity contribution is 6.29. The monoisotopic (exact) mass is 359 g/mol. The molecule has 0 atom stereocenters. The van der Waals surface area contributed by atoms with Gasteiger partial charge in [0.05, 0.1) is 11.0 Å². The molecule has 0 bridgehead atoms. The van der Waals surface area contributed by atoms with E-state index in [9.17, 15) is 4.79 Å². The zero-order valence-corrected chi connectivity index (χ0v) is 16.0. The summed E-state index contributed by atoms with van der Waals surface area (Å²) in [6.45, 7) is 2.77. The molecule has 0 spiro atoms. The molecule has 2 aromatic rings. The molecule has 25 heavy (non-hydrogen) atoms. The number of hydrogen-bond acceptors (Lipinski definition) is 4. The molecule has 2 heterocycles. The highest BCUT2D eigenvalue weighted by Crippen LogP contribution is 2.33. The molecular weight excluding hydrogens is 334 g/mol. The molecule has 5 heteroatoms. The Morgan fingerprint density at radius 3 is 2.52 bits per heavy atom. The Labute approximate surface area is 154 Å². The molecule has 1 fully saturated rings. The van der Waals surface area contributed by atoms with Crippen LogP contribution in [0.4, 0.5) is 0 Å². The molecular formula is C20H26ClN3O. The summed E-state index contributed by atoms with van der Waals surface area (Å²) >= 11 is 6.10. The number of carbonyl (C=O) groups excluding carboxylic acids is 1. The van der Waals surface area contributed by atoms with Gasteiger partial charge in [-0.1, -0.05) is 11.6 Å². The molecule has 4 nitrogen and oxygen atoms in total. The molecule has 0 amide bonds. The first kappa shape index (κ1) is 18.3. The Balaban J connectivity index is 1.84. The van der Waals surface area contributed by atoms with E-state index in [-0.39, 0.29) is 5.78 Å². The number of hydrogen-bond donors (Lipinski definition) is 0. The number of ketones is 1. The van der Waals surface area contributed by atoms with Crippen LogP contribution in [0.3, 0.4) is 0 Å². The number of pyridine rings is 2. The zero-order chi connectivity index (χ0) is 18.0. The number of aromatic nitrogens is 2. The van der Waals surface area contributed by atoms with Crippen molar-refractivity contribution in [2.75, 3.05) is 20.6 Å². The van der Waals surface area contributed by atoms with Crippen molar-refractivity contribution in [2.24, 2.45) is 11.8 Å². The molecule has 3 rings (SSSR count). The maximum Gasteiger partial charge on any atom is 0.161 e. The lowest BCUT2D eigenvalue weighted by atomic mass is 9.78. The first-order chi connectivity index (χ1) is 11.9. The lowest BCUT2D eigenvalue weighted by Gasteiger charge is -2.30. The predicted molar refractivity (Wildman–Crippen MR) is 102 cm³/mol. The molecule has 1 aliphatic carbocycles. The van der Waals surface area contributed by atoms with Gasteiger partial charge in [0, 0.05) is 18.3 Å². The summed E-state index contributed by atoms with van der Waals surface area (Å²) in [6, 6.07) is 3.63. The summed E-state index contributed by atoms with van der Waals surface area (Å²) in [5.41, 5.74) is 3.31. The zero-order valence-electron chi connectivity index (χ0n) is 15.3. The Kier molecular flexibility index (Phi) is 5.70. The fraction of sp³-hybridized carbons (Fsp3) is 0.550. The lowest BCUT2D eigenvalue weighted by molar-refractivity contribution is 0.101. The largest absolute Gasteiger partial charge is 0.309 e. The fourth-order valence-corrected chi connectivity index (χ4v) is 4.17. The van der Waals surface area contributed by atoms with Gasteiger partial charge in [0.25, 0.3) is 0 Å². The predicted octanol–water partition coefficient (Wildman–Crippen LogP) is 4.40. The van der Waals surface area contributed by atoms with Crippen LogP contribution in [-0.2, 0) is 6.42 Å². The van der Waals surface area contributed by atoms with Gasteiger partial charge in [0.1, 0.15) is 5.15 Å². The quantitative estimate of drug-likeness (QED) is 0.586. The second kappa shape index (κ2) is 7.79.